The van der Waals surface area contributed by atoms with Gasteiger partial charge in [0, 0.05) is 32.4 Å². The minimum Gasteiger partial charge on any atom is -0.489 e. The van der Waals surface area contributed by atoms with Gasteiger partial charge in [-0.1, -0.05) is 18.2 Å². The minimum atomic E-state index is 0. The molecule has 0 aliphatic heterocycles. The summed E-state index contributed by atoms with van der Waals surface area (Å²) in [7, 11) is 3.66. The summed E-state index contributed by atoms with van der Waals surface area (Å²) in [5, 5.41) is 10.7. The maximum absolute atomic E-state index is 5.95. The summed E-state index contributed by atoms with van der Waals surface area (Å²) in [5.74, 6) is 1.66. The fourth-order valence-corrected chi connectivity index (χ4v) is 2.16. The van der Waals surface area contributed by atoms with Crippen molar-refractivity contribution in [1.82, 2.24) is 20.4 Å². The number of aliphatic imine (C=N–C) groups is 1. The summed E-state index contributed by atoms with van der Waals surface area (Å²) in [6, 6.07) is 8.03. The van der Waals surface area contributed by atoms with Gasteiger partial charge in [-0.05, 0) is 25.5 Å². The number of hydrogen-bond acceptors (Lipinski definition) is 3. The Morgan fingerprint density at radius 1 is 1.33 bits per heavy atom. The molecule has 132 valence electrons. The second-order valence-corrected chi connectivity index (χ2v) is 5.52. The molecule has 0 fully saturated rings. The third-order valence-electron chi connectivity index (χ3n) is 3.42. The van der Waals surface area contributed by atoms with E-state index < -0.39 is 0 Å². The zero-order chi connectivity index (χ0) is 16.7. The van der Waals surface area contributed by atoms with Crippen molar-refractivity contribution >= 4 is 29.9 Å². The normalized spacial score (nSPS) is 12.2. The first kappa shape index (κ1) is 20.3. The average molecular weight is 443 g/mol. The Labute approximate surface area is 160 Å². The maximum atomic E-state index is 5.95. The molecule has 7 heteroatoms. The fourth-order valence-electron chi connectivity index (χ4n) is 2.16. The van der Waals surface area contributed by atoms with Crippen LogP contribution in [0.3, 0.4) is 0 Å². The number of para-hydroxylation sites is 1. The molecule has 0 bridgehead atoms. The Balaban J connectivity index is 0.00000288. The molecule has 0 amide bonds. The highest BCUT2D eigenvalue weighted by Crippen LogP contribution is 2.17. The standard InChI is InChI=1S/C17H25N5O.HI/c1-13-7-5-6-8-16(13)23-14(2)9-19-17(18-3)20-10-15-11-21-22(4)12-15;/h5-8,11-12,14H,9-10H2,1-4H3,(H2,18,19,20);1H. The van der Waals surface area contributed by atoms with Crippen molar-refractivity contribution in [3.8, 4) is 5.75 Å². The number of benzene rings is 1. The predicted octanol–water partition coefficient (Wildman–Crippen LogP) is 2.48. The molecule has 0 aliphatic carbocycles. The second kappa shape index (κ2) is 10.2. The maximum Gasteiger partial charge on any atom is 0.191 e. The number of ether oxygens (including phenoxy) is 1. The van der Waals surface area contributed by atoms with Crippen molar-refractivity contribution in [2.45, 2.75) is 26.5 Å². The Kier molecular flexibility index (Phi) is 8.59. The summed E-state index contributed by atoms with van der Waals surface area (Å²) >= 11 is 0. The Hall–Kier alpha value is -1.77. The van der Waals surface area contributed by atoms with E-state index in [1.165, 1.54) is 0 Å². The zero-order valence-corrected chi connectivity index (χ0v) is 16.9. The Bertz CT molecular complexity index is 656. The molecule has 2 aromatic rings. The van der Waals surface area contributed by atoms with Crippen molar-refractivity contribution in [3.05, 3.63) is 47.8 Å². The molecule has 0 radical (unpaired) electrons. The topological polar surface area (TPSA) is 63.5 Å². The number of aromatic nitrogens is 2. The summed E-state index contributed by atoms with van der Waals surface area (Å²) in [6.07, 6.45) is 3.85. The van der Waals surface area contributed by atoms with Crippen LogP contribution in [0.15, 0.2) is 41.7 Å². The minimum absolute atomic E-state index is 0. The molecule has 6 nitrogen and oxygen atoms in total. The third kappa shape index (κ3) is 6.38. The van der Waals surface area contributed by atoms with Crippen LogP contribution in [-0.2, 0) is 13.6 Å². The number of guanidine groups is 1. The quantitative estimate of drug-likeness (QED) is 0.409. The predicted molar refractivity (Wildman–Crippen MR) is 108 cm³/mol. The van der Waals surface area contributed by atoms with Gasteiger partial charge in [0.25, 0.3) is 0 Å². The highest BCUT2D eigenvalue weighted by Gasteiger charge is 2.07. The van der Waals surface area contributed by atoms with Gasteiger partial charge >= 0.3 is 0 Å². The van der Waals surface area contributed by atoms with Gasteiger partial charge in [0.05, 0.1) is 12.7 Å². The fraction of sp³-hybridized carbons (Fsp3) is 0.412. The lowest BCUT2D eigenvalue weighted by Gasteiger charge is -2.18. The number of halogens is 1. The van der Waals surface area contributed by atoms with Crippen molar-refractivity contribution in [1.29, 1.82) is 0 Å². The van der Waals surface area contributed by atoms with E-state index in [1.807, 2.05) is 57.6 Å². The lowest BCUT2D eigenvalue weighted by atomic mass is 10.2. The molecular formula is C17H26IN5O. The average Bonchev–Trinajstić information content (AvgIpc) is 2.95. The third-order valence-corrected chi connectivity index (χ3v) is 3.42. The van der Waals surface area contributed by atoms with Crippen LogP contribution in [-0.4, -0.2) is 35.4 Å². The largest absolute Gasteiger partial charge is 0.489 e. The van der Waals surface area contributed by atoms with Gasteiger partial charge in [-0.25, -0.2) is 0 Å². The van der Waals surface area contributed by atoms with Crippen LogP contribution in [0.1, 0.15) is 18.1 Å². The van der Waals surface area contributed by atoms with Crippen LogP contribution in [0.2, 0.25) is 0 Å². The summed E-state index contributed by atoms with van der Waals surface area (Å²) in [4.78, 5) is 4.22. The van der Waals surface area contributed by atoms with Gasteiger partial charge in [0.15, 0.2) is 5.96 Å². The van der Waals surface area contributed by atoms with Crippen LogP contribution >= 0.6 is 24.0 Å². The van der Waals surface area contributed by atoms with Crippen LogP contribution in [0.5, 0.6) is 5.75 Å². The molecule has 1 atom stereocenters. The van der Waals surface area contributed by atoms with E-state index in [4.69, 9.17) is 4.74 Å². The summed E-state index contributed by atoms with van der Waals surface area (Å²) in [5.41, 5.74) is 2.25. The van der Waals surface area contributed by atoms with Gasteiger partial charge in [-0.2, -0.15) is 5.10 Å². The van der Waals surface area contributed by atoms with Crippen LogP contribution in [0, 0.1) is 6.92 Å². The van der Waals surface area contributed by atoms with Crippen LogP contribution < -0.4 is 15.4 Å². The number of nitrogens with zero attached hydrogens (tertiary/aromatic N) is 3. The zero-order valence-electron chi connectivity index (χ0n) is 14.6. The van der Waals surface area contributed by atoms with Crippen molar-refractivity contribution in [2.24, 2.45) is 12.0 Å². The van der Waals surface area contributed by atoms with Crippen molar-refractivity contribution in [3.63, 3.8) is 0 Å². The molecule has 2 N–H and O–H groups in total. The van der Waals surface area contributed by atoms with E-state index in [1.54, 1.807) is 11.7 Å². The number of nitrogens with one attached hydrogen (secondary N) is 2. The Morgan fingerprint density at radius 2 is 2.08 bits per heavy atom. The van der Waals surface area contributed by atoms with Gasteiger partial charge < -0.3 is 15.4 Å². The van der Waals surface area contributed by atoms with Gasteiger partial charge in [-0.3, -0.25) is 9.67 Å². The Morgan fingerprint density at radius 3 is 2.71 bits per heavy atom. The van der Waals surface area contributed by atoms with E-state index in [9.17, 15) is 0 Å². The van der Waals surface area contributed by atoms with Gasteiger partial charge in [-0.15, -0.1) is 24.0 Å². The van der Waals surface area contributed by atoms with Crippen LogP contribution in [0.4, 0.5) is 0 Å². The molecule has 24 heavy (non-hydrogen) atoms. The van der Waals surface area contributed by atoms with E-state index in [0.717, 1.165) is 22.8 Å². The molecule has 0 aliphatic rings. The lowest BCUT2D eigenvalue weighted by Crippen LogP contribution is -2.41. The van der Waals surface area contributed by atoms with E-state index in [-0.39, 0.29) is 30.1 Å². The molecule has 0 saturated heterocycles. The van der Waals surface area contributed by atoms with Crippen molar-refractivity contribution < 1.29 is 4.74 Å². The number of hydrogen-bond donors (Lipinski definition) is 2. The van der Waals surface area contributed by atoms with E-state index in [2.05, 4.69) is 20.7 Å². The molecule has 1 aromatic heterocycles. The smallest absolute Gasteiger partial charge is 0.191 e. The number of aryl methyl sites for hydroxylation is 2. The van der Waals surface area contributed by atoms with Crippen molar-refractivity contribution in [2.75, 3.05) is 13.6 Å². The first-order valence-electron chi connectivity index (χ1n) is 7.73. The molecular weight excluding hydrogens is 417 g/mol. The SMILES string of the molecule is CN=C(NCc1cnn(C)c1)NCC(C)Oc1ccccc1C.I. The van der Waals surface area contributed by atoms with E-state index in [0.29, 0.717) is 13.1 Å². The molecule has 2 rings (SSSR count). The van der Waals surface area contributed by atoms with E-state index >= 15 is 0 Å². The molecule has 1 heterocycles. The van der Waals surface area contributed by atoms with Crippen LogP contribution in [0.25, 0.3) is 0 Å². The number of rotatable bonds is 6. The molecule has 1 unspecified atom stereocenters. The monoisotopic (exact) mass is 443 g/mol. The first-order chi connectivity index (χ1) is 11.1. The summed E-state index contributed by atoms with van der Waals surface area (Å²) in [6.45, 7) is 5.43. The molecule has 0 spiro atoms. The lowest BCUT2D eigenvalue weighted by molar-refractivity contribution is 0.222. The molecule has 1 aromatic carbocycles. The van der Waals surface area contributed by atoms with Gasteiger partial charge in [0.1, 0.15) is 11.9 Å². The van der Waals surface area contributed by atoms with Gasteiger partial charge in [0.2, 0.25) is 0 Å². The summed E-state index contributed by atoms with van der Waals surface area (Å²) < 4.78 is 7.73. The second-order valence-electron chi connectivity index (χ2n) is 5.52. The highest BCUT2D eigenvalue weighted by atomic mass is 127. The highest BCUT2D eigenvalue weighted by molar-refractivity contribution is 14.0. The molecule has 0 saturated carbocycles. The first-order valence-corrected chi connectivity index (χ1v) is 7.73.